The van der Waals surface area contributed by atoms with E-state index in [1.165, 1.54) is 19.4 Å². The van der Waals surface area contributed by atoms with E-state index in [0.717, 1.165) is 5.39 Å². The number of phenolic OH excluding ortho intramolecular Hbond substituents is 2. The fraction of sp³-hybridized carbons (Fsp3) is 0.0526. The zero-order valence-electron chi connectivity index (χ0n) is 13.4. The Bertz CT molecular complexity index is 967. The average molecular weight is 336 g/mol. The van der Waals surface area contributed by atoms with Crippen LogP contribution >= 0.6 is 0 Å². The third-order valence-electron chi connectivity index (χ3n) is 3.77. The van der Waals surface area contributed by atoms with Gasteiger partial charge < -0.3 is 14.9 Å². The van der Waals surface area contributed by atoms with E-state index in [4.69, 9.17) is 4.74 Å². The average Bonchev–Trinajstić information content (AvgIpc) is 2.63. The molecule has 0 aliphatic carbocycles. The number of hydrogen-bond acceptors (Lipinski definition) is 5. The molecule has 0 atom stereocenters. The molecule has 0 heterocycles. The smallest absolute Gasteiger partial charge is 0.275 e. The Morgan fingerprint density at radius 3 is 2.64 bits per heavy atom. The van der Waals surface area contributed by atoms with Crippen molar-refractivity contribution in [3.05, 3.63) is 65.7 Å². The fourth-order valence-corrected chi connectivity index (χ4v) is 2.47. The summed E-state index contributed by atoms with van der Waals surface area (Å²) in [5.41, 5.74) is 2.84. The van der Waals surface area contributed by atoms with Crippen LogP contribution in [0.15, 0.2) is 59.7 Å². The van der Waals surface area contributed by atoms with E-state index >= 15 is 0 Å². The van der Waals surface area contributed by atoms with E-state index < -0.39 is 5.91 Å². The number of amides is 1. The molecule has 126 valence electrons. The predicted octanol–water partition coefficient (Wildman–Crippen LogP) is 3.02. The van der Waals surface area contributed by atoms with Crippen molar-refractivity contribution in [1.29, 1.82) is 0 Å². The van der Waals surface area contributed by atoms with Crippen LogP contribution < -0.4 is 10.2 Å². The third kappa shape index (κ3) is 3.23. The number of hydrogen-bond donors (Lipinski definition) is 3. The first-order chi connectivity index (χ1) is 12.1. The van der Waals surface area contributed by atoms with Gasteiger partial charge in [-0.3, -0.25) is 4.79 Å². The first-order valence-corrected chi connectivity index (χ1v) is 7.52. The molecule has 0 spiro atoms. The number of fused-ring (bicyclic) bond motifs is 1. The predicted molar refractivity (Wildman–Crippen MR) is 95.3 cm³/mol. The molecular weight excluding hydrogens is 320 g/mol. The summed E-state index contributed by atoms with van der Waals surface area (Å²) in [6.07, 6.45) is 1.30. The van der Waals surface area contributed by atoms with Gasteiger partial charge >= 0.3 is 0 Å². The minimum atomic E-state index is -0.554. The van der Waals surface area contributed by atoms with Crippen LogP contribution in [0.4, 0.5) is 0 Å². The van der Waals surface area contributed by atoms with Gasteiger partial charge in [0, 0.05) is 10.9 Å². The molecule has 0 unspecified atom stereocenters. The van der Waals surface area contributed by atoms with Crippen molar-refractivity contribution in [3.63, 3.8) is 0 Å². The molecular formula is C19H16N2O4. The molecule has 0 aliphatic heterocycles. The summed E-state index contributed by atoms with van der Waals surface area (Å²) >= 11 is 0. The largest absolute Gasteiger partial charge is 0.506 e. The second-order valence-electron chi connectivity index (χ2n) is 5.28. The molecule has 0 saturated heterocycles. The molecule has 0 fully saturated rings. The molecule has 3 N–H and O–H groups in total. The Balaban J connectivity index is 1.80. The summed E-state index contributed by atoms with van der Waals surface area (Å²) in [7, 11) is 1.44. The van der Waals surface area contributed by atoms with E-state index in [1.54, 1.807) is 36.4 Å². The second-order valence-corrected chi connectivity index (χ2v) is 5.28. The molecule has 3 aromatic rings. The Morgan fingerprint density at radius 2 is 1.84 bits per heavy atom. The molecule has 6 nitrogen and oxygen atoms in total. The van der Waals surface area contributed by atoms with Crippen LogP contribution in [0.5, 0.6) is 17.2 Å². The lowest BCUT2D eigenvalue weighted by molar-refractivity contribution is 0.0952. The van der Waals surface area contributed by atoms with Gasteiger partial charge in [0.25, 0.3) is 5.91 Å². The normalized spacial score (nSPS) is 10.9. The SMILES string of the molecule is COc1cccc(/C=N/NC(=O)c2ccc3ccccc3c2O)c1O. The van der Waals surface area contributed by atoms with Crippen molar-refractivity contribution < 1.29 is 19.7 Å². The lowest BCUT2D eigenvalue weighted by Crippen LogP contribution is -2.17. The van der Waals surface area contributed by atoms with Gasteiger partial charge in [0.1, 0.15) is 5.75 Å². The Hall–Kier alpha value is -3.54. The number of rotatable bonds is 4. The summed E-state index contributed by atoms with van der Waals surface area (Å²) in [6.45, 7) is 0. The van der Waals surface area contributed by atoms with Gasteiger partial charge in [0.2, 0.25) is 0 Å². The minimum Gasteiger partial charge on any atom is -0.506 e. The lowest BCUT2D eigenvalue weighted by atomic mass is 10.1. The zero-order valence-corrected chi connectivity index (χ0v) is 13.4. The van der Waals surface area contributed by atoms with E-state index in [0.29, 0.717) is 16.7 Å². The van der Waals surface area contributed by atoms with Crippen molar-refractivity contribution in [2.45, 2.75) is 0 Å². The van der Waals surface area contributed by atoms with Gasteiger partial charge in [-0.25, -0.2) is 5.43 Å². The monoisotopic (exact) mass is 336 g/mol. The van der Waals surface area contributed by atoms with Crippen LogP contribution in [0.3, 0.4) is 0 Å². The number of nitrogens with one attached hydrogen (secondary N) is 1. The van der Waals surface area contributed by atoms with Crippen LogP contribution in [-0.4, -0.2) is 29.4 Å². The molecule has 0 saturated carbocycles. The molecule has 0 aliphatic rings. The van der Waals surface area contributed by atoms with Crippen molar-refractivity contribution in [3.8, 4) is 17.2 Å². The second kappa shape index (κ2) is 6.92. The first-order valence-electron chi connectivity index (χ1n) is 7.52. The van der Waals surface area contributed by atoms with Crippen LogP contribution in [0, 0.1) is 0 Å². The number of carbonyl (C=O) groups excluding carboxylic acids is 1. The number of hydrazone groups is 1. The first kappa shape index (κ1) is 16.3. The number of phenols is 2. The highest BCUT2D eigenvalue weighted by Gasteiger charge is 2.13. The summed E-state index contributed by atoms with van der Waals surface area (Å²) in [5, 5.41) is 25.5. The molecule has 0 radical (unpaired) electrons. The Morgan fingerprint density at radius 1 is 1.04 bits per heavy atom. The maximum Gasteiger partial charge on any atom is 0.275 e. The standard InChI is InChI=1S/C19H16N2O4/c1-25-16-8-4-6-13(17(16)22)11-20-21-19(24)15-10-9-12-5-2-3-7-14(12)18(15)23/h2-11,22-23H,1H3,(H,21,24)/b20-11+. The van der Waals surface area contributed by atoms with Crippen molar-refractivity contribution >= 4 is 22.9 Å². The number of benzene rings is 3. The van der Waals surface area contributed by atoms with Crippen LogP contribution in [-0.2, 0) is 0 Å². The van der Waals surface area contributed by atoms with E-state index in [9.17, 15) is 15.0 Å². The van der Waals surface area contributed by atoms with Gasteiger partial charge in [0.05, 0.1) is 18.9 Å². The summed E-state index contributed by atoms with van der Waals surface area (Å²) in [4.78, 5) is 12.2. The highest BCUT2D eigenvalue weighted by Crippen LogP contribution is 2.29. The van der Waals surface area contributed by atoms with Crippen LogP contribution in [0.2, 0.25) is 0 Å². The van der Waals surface area contributed by atoms with Crippen molar-refractivity contribution in [1.82, 2.24) is 5.43 Å². The number of methoxy groups -OCH3 is 1. The van der Waals surface area contributed by atoms with Crippen molar-refractivity contribution in [2.75, 3.05) is 7.11 Å². The number of aromatic hydroxyl groups is 2. The zero-order chi connectivity index (χ0) is 17.8. The summed E-state index contributed by atoms with van der Waals surface area (Å²) in [5.74, 6) is -0.420. The van der Waals surface area contributed by atoms with E-state index in [1.807, 2.05) is 12.1 Å². The Kier molecular flexibility index (Phi) is 4.52. The fourth-order valence-electron chi connectivity index (χ4n) is 2.47. The van der Waals surface area contributed by atoms with Gasteiger partial charge in [-0.05, 0) is 23.6 Å². The summed E-state index contributed by atoms with van der Waals surface area (Å²) < 4.78 is 5.01. The lowest BCUT2D eigenvalue weighted by Gasteiger charge is -2.07. The number of nitrogens with zero attached hydrogens (tertiary/aromatic N) is 1. The highest BCUT2D eigenvalue weighted by molar-refractivity contribution is 6.03. The molecule has 0 aromatic heterocycles. The van der Waals surface area contributed by atoms with Gasteiger partial charge in [0.15, 0.2) is 11.5 Å². The van der Waals surface area contributed by atoms with Crippen LogP contribution in [0.25, 0.3) is 10.8 Å². The van der Waals surface area contributed by atoms with E-state index in [-0.39, 0.29) is 17.1 Å². The van der Waals surface area contributed by atoms with Gasteiger partial charge in [-0.2, -0.15) is 5.10 Å². The van der Waals surface area contributed by atoms with Crippen LogP contribution in [0.1, 0.15) is 15.9 Å². The molecule has 3 aromatic carbocycles. The molecule has 1 amide bonds. The highest BCUT2D eigenvalue weighted by atomic mass is 16.5. The van der Waals surface area contributed by atoms with Crippen molar-refractivity contribution in [2.24, 2.45) is 5.10 Å². The molecule has 0 bridgehead atoms. The minimum absolute atomic E-state index is 0.0726. The number of carbonyl (C=O) groups is 1. The molecule has 25 heavy (non-hydrogen) atoms. The number of para-hydroxylation sites is 1. The maximum atomic E-state index is 12.2. The maximum absolute atomic E-state index is 12.2. The Labute approximate surface area is 144 Å². The van der Waals surface area contributed by atoms with E-state index in [2.05, 4.69) is 10.5 Å². The molecule has 3 rings (SSSR count). The quantitative estimate of drug-likeness (QED) is 0.504. The molecule has 6 heteroatoms. The number of ether oxygens (including phenoxy) is 1. The summed E-state index contributed by atoms with van der Waals surface area (Å²) in [6, 6.07) is 15.4. The van der Waals surface area contributed by atoms with Gasteiger partial charge in [-0.1, -0.05) is 36.4 Å². The topological polar surface area (TPSA) is 91.2 Å². The van der Waals surface area contributed by atoms with Gasteiger partial charge in [-0.15, -0.1) is 0 Å². The third-order valence-corrected chi connectivity index (χ3v) is 3.77.